The second kappa shape index (κ2) is 5.35. The van der Waals surface area contributed by atoms with Gasteiger partial charge in [0.05, 0.1) is 18.3 Å². The van der Waals surface area contributed by atoms with Crippen molar-refractivity contribution >= 4 is 16.8 Å². The highest BCUT2D eigenvalue weighted by molar-refractivity contribution is 5.81. The summed E-state index contributed by atoms with van der Waals surface area (Å²) in [7, 11) is 1.70. The summed E-state index contributed by atoms with van der Waals surface area (Å²) >= 11 is 0. The number of likely N-dealkylation sites (N-methyl/N-ethyl adjacent to an activating group) is 1. The molecule has 3 rings (SSSR count). The van der Waals surface area contributed by atoms with Crippen molar-refractivity contribution in [3.8, 4) is 0 Å². The zero-order chi connectivity index (χ0) is 14.8. The van der Waals surface area contributed by atoms with Gasteiger partial charge >= 0.3 is 0 Å². The molecule has 0 N–H and O–H groups in total. The van der Waals surface area contributed by atoms with Crippen LogP contribution in [0.5, 0.6) is 0 Å². The van der Waals surface area contributed by atoms with E-state index in [1.807, 2.05) is 24.3 Å². The minimum absolute atomic E-state index is 0.0697. The van der Waals surface area contributed by atoms with Crippen LogP contribution in [0.1, 0.15) is 11.8 Å². The van der Waals surface area contributed by atoms with Crippen LogP contribution in [-0.4, -0.2) is 37.8 Å². The fourth-order valence-corrected chi connectivity index (χ4v) is 2.09. The molecule has 7 heteroatoms. The smallest absolute Gasteiger partial charge is 0.244 e. The Balaban J connectivity index is 1.70. The van der Waals surface area contributed by atoms with Gasteiger partial charge in [0.1, 0.15) is 6.54 Å². The van der Waals surface area contributed by atoms with Crippen molar-refractivity contribution in [2.24, 2.45) is 0 Å². The van der Waals surface area contributed by atoms with E-state index in [1.54, 1.807) is 29.7 Å². The Bertz CT molecular complexity index is 776. The molecule has 0 aliphatic carbocycles. The van der Waals surface area contributed by atoms with Gasteiger partial charge in [0.15, 0.2) is 0 Å². The Labute approximate surface area is 121 Å². The Morgan fingerprint density at radius 1 is 1.33 bits per heavy atom. The van der Waals surface area contributed by atoms with Crippen molar-refractivity contribution in [3.63, 3.8) is 0 Å². The summed E-state index contributed by atoms with van der Waals surface area (Å²) in [6, 6.07) is 7.78. The first-order chi connectivity index (χ1) is 10.1. The van der Waals surface area contributed by atoms with E-state index in [1.165, 1.54) is 0 Å². The Kier molecular flexibility index (Phi) is 3.39. The standard InChI is InChI=1S/C14H15N5O2/c1-10-16-17-13(21-10)8-18(2)14(20)9-19-12-6-4-3-5-11(12)7-15-19/h3-7H,8-9H2,1-2H3. The molecule has 0 spiro atoms. The van der Waals surface area contributed by atoms with E-state index >= 15 is 0 Å². The molecule has 1 amide bonds. The van der Waals surface area contributed by atoms with E-state index in [4.69, 9.17) is 4.42 Å². The van der Waals surface area contributed by atoms with Crippen LogP contribution in [0.15, 0.2) is 34.9 Å². The second-order valence-corrected chi connectivity index (χ2v) is 4.83. The first kappa shape index (κ1) is 13.3. The quantitative estimate of drug-likeness (QED) is 0.724. The summed E-state index contributed by atoms with van der Waals surface area (Å²) in [4.78, 5) is 13.8. The van der Waals surface area contributed by atoms with Crippen LogP contribution < -0.4 is 0 Å². The third-order valence-corrected chi connectivity index (χ3v) is 3.20. The van der Waals surface area contributed by atoms with Crippen LogP contribution >= 0.6 is 0 Å². The molecule has 0 aliphatic heterocycles. The van der Waals surface area contributed by atoms with Gasteiger partial charge in [-0.25, -0.2) is 0 Å². The number of rotatable bonds is 4. The fourth-order valence-electron chi connectivity index (χ4n) is 2.09. The van der Waals surface area contributed by atoms with E-state index in [2.05, 4.69) is 15.3 Å². The Hall–Kier alpha value is -2.70. The van der Waals surface area contributed by atoms with E-state index in [0.717, 1.165) is 10.9 Å². The minimum atomic E-state index is -0.0697. The predicted molar refractivity (Wildman–Crippen MR) is 75.2 cm³/mol. The predicted octanol–water partition coefficient (Wildman–Crippen LogP) is 1.39. The molecule has 0 bridgehead atoms. The van der Waals surface area contributed by atoms with Crippen molar-refractivity contribution in [2.75, 3.05) is 7.05 Å². The molecule has 2 heterocycles. The third-order valence-electron chi connectivity index (χ3n) is 3.20. The molecule has 0 saturated carbocycles. The number of fused-ring (bicyclic) bond motifs is 1. The maximum absolute atomic E-state index is 12.2. The molecule has 0 fully saturated rings. The first-order valence-electron chi connectivity index (χ1n) is 6.57. The number of aromatic nitrogens is 4. The fraction of sp³-hybridized carbons (Fsp3) is 0.286. The van der Waals surface area contributed by atoms with Crippen molar-refractivity contribution in [1.82, 2.24) is 24.9 Å². The minimum Gasteiger partial charge on any atom is -0.424 e. The molecule has 0 atom stereocenters. The van der Waals surface area contributed by atoms with Crippen molar-refractivity contribution in [2.45, 2.75) is 20.0 Å². The number of hydrogen-bond donors (Lipinski definition) is 0. The Morgan fingerprint density at radius 3 is 2.90 bits per heavy atom. The summed E-state index contributed by atoms with van der Waals surface area (Å²) in [5, 5.41) is 12.9. The molecular formula is C14H15N5O2. The molecular weight excluding hydrogens is 270 g/mol. The van der Waals surface area contributed by atoms with E-state index in [-0.39, 0.29) is 12.5 Å². The van der Waals surface area contributed by atoms with Gasteiger partial charge in [-0.3, -0.25) is 9.48 Å². The van der Waals surface area contributed by atoms with Gasteiger partial charge in [0.25, 0.3) is 0 Å². The van der Waals surface area contributed by atoms with Gasteiger partial charge in [-0.15, -0.1) is 10.2 Å². The number of para-hydroxylation sites is 1. The summed E-state index contributed by atoms with van der Waals surface area (Å²) in [5.41, 5.74) is 0.938. The number of nitrogens with zero attached hydrogens (tertiary/aromatic N) is 5. The number of aryl methyl sites for hydroxylation is 1. The van der Waals surface area contributed by atoms with Gasteiger partial charge in [-0.2, -0.15) is 5.10 Å². The number of carbonyl (C=O) groups is 1. The van der Waals surface area contributed by atoms with Crippen LogP contribution in [0.25, 0.3) is 10.9 Å². The lowest BCUT2D eigenvalue weighted by Gasteiger charge is -2.15. The van der Waals surface area contributed by atoms with E-state index in [9.17, 15) is 4.79 Å². The lowest BCUT2D eigenvalue weighted by Crippen LogP contribution is -2.30. The molecule has 0 saturated heterocycles. The first-order valence-corrected chi connectivity index (χ1v) is 6.57. The molecule has 0 aliphatic rings. The number of hydrogen-bond acceptors (Lipinski definition) is 5. The van der Waals surface area contributed by atoms with Gasteiger partial charge < -0.3 is 9.32 Å². The highest BCUT2D eigenvalue weighted by atomic mass is 16.4. The summed E-state index contributed by atoms with van der Waals surface area (Å²) < 4.78 is 6.96. The van der Waals surface area contributed by atoms with Crippen molar-refractivity contribution in [1.29, 1.82) is 0 Å². The highest BCUT2D eigenvalue weighted by Crippen LogP contribution is 2.13. The molecule has 0 unspecified atom stereocenters. The molecule has 0 radical (unpaired) electrons. The van der Waals surface area contributed by atoms with Crippen LogP contribution in [0, 0.1) is 6.92 Å². The molecule has 3 aromatic rings. The highest BCUT2D eigenvalue weighted by Gasteiger charge is 2.14. The third kappa shape index (κ3) is 2.76. The number of carbonyl (C=O) groups excluding carboxylic acids is 1. The summed E-state index contributed by atoms with van der Waals surface area (Å²) in [6.07, 6.45) is 1.75. The zero-order valence-corrected chi connectivity index (χ0v) is 11.9. The molecule has 108 valence electrons. The summed E-state index contributed by atoms with van der Waals surface area (Å²) in [6.45, 7) is 2.18. The van der Waals surface area contributed by atoms with Crippen LogP contribution in [0.2, 0.25) is 0 Å². The number of amides is 1. The van der Waals surface area contributed by atoms with E-state index < -0.39 is 0 Å². The topological polar surface area (TPSA) is 77.1 Å². The average Bonchev–Trinajstić information content (AvgIpc) is 3.06. The summed E-state index contributed by atoms with van der Waals surface area (Å²) in [5.74, 6) is 0.845. The van der Waals surface area contributed by atoms with E-state index in [0.29, 0.717) is 18.3 Å². The molecule has 21 heavy (non-hydrogen) atoms. The average molecular weight is 285 g/mol. The Morgan fingerprint density at radius 2 is 2.14 bits per heavy atom. The van der Waals surface area contributed by atoms with Gasteiger partial charge in [-0.05, 0) is 6.07 Å². The molecule has 7 nitrogen and oxygen atoms in total. The van der Waals surface area contributed by atoms with Crippen molar-refractivity contribution in [3.05, 3.63) is 42.2 Å². The normalized spacial score (nSPS) is 11.0. The molecule has 1 aromatic carbocycles. The van der Waals surface area contributed by atoms with Gasteiger partial charge in [0.2, 0.25) is 17.7 Å². The maximum Gasteiger partial charge on any atom is 0.244 e. The van der Waals surface area contributed by atoms with Gasteiger partial charge in [-0.1, -0.05) is 18.2 Å². The lowest BCUT2D eigenvalue weighted by atomic mass is 10.2. The number of benzene rings is 1. The van der Waals surface area contributed by atoms with Gasteiger partial charge in [0, 0.05) is 19.4 Å². The van der Waals surface area contributed by atoms with Crippen LogP contribution in [0.3, 0.4) is 0 Å². The monoisotopic (exact) mass is 285 g/mol. The second-order valence-electron chi connectivity index (χ2n) is 4.83. The molecule has 2 aromatic heterocycles. The SMILES string of the molecule is Cc1nnc(CN(C)C(=O)Cn2ncc3ccccc32)o1. The maximum atomic E-state index is 12.2. The van der Waals surface area contributed by atoms with Crippen LogP contribution in [0.4, 0.5) is 0 Å². The zero-order valence-electron chi connectivity index (χ0n) is 11.9. The lowest BCUT2D eigenvalue weighted by molar-refractivity contribution is -0.131. The van der Waals surface area contributed by atoms with Crippen LogP contribution in [-0.2, 0) is 17.9 Å². The largest absolute Gasteiger partial charge is 0.424 e. The van der Waals surface area contributed by atoms with Crippen molar-refractivity contribution < 1.29 is 9.21 Å².